The summed E-state index contributed by atoms with van der Waals surface area (Å²) in [6, 6.07) is 11.4. The molecule has 0 saturated carbocycles. The van der Waals surface area contributed by atoms with E-state index in [2.05, 4.69) is 23.5 Å². The maximum absolute atomic E-state index is 3.39. The Morgan fingerprint density at radius 2 is 1.92 bits per heavy atom. The second-order valence-corrected chi connectivity index (χ2v) is 3.81. The molecular weight excluding hydrogens is 158 g/mol. The highest BCUT2D eigenvalue weighted by molar-refractivity contribution is 5.14. The van der Waals surface area contributed by atoms with E-state index in [4.69, 9.17) is 0 Å². The molecule has 0 aromatic heterocycles. The van der Waals surface area contributed by atoms with Gasteiger partial charge in [0.25, 0.3) is 0 Å². The van der Waals surface area contributed by atoms with Crippen molar-refractivity contribution in [1.29, 1.82) is 0 Å². The summed E-state index contributed by atoms with van der Waals surface area (Å²) in [6.45, 7) is 2.40. The van der Waals surface area contributed by atoms with Gasteiger partial charge in [-0.2, -0.15) is 0 Å². The molecule has 0 aliphatic carbocycles. The van der Waals surface area contributed by atoms with E-state index in [1.54, 1.807) is 0 Å². The highest BCUT2D eigenvalue weighted by atomic mass is 14.9. The van der Waals surface area contributed by atoms with Crippen molar-refractivity contribution in [3.8, 4) is 0 Å². The maximum atomic E-state index is 3.39. The van der Waals surface area contributed by atoms with Crippen LogP contribution in [-0.2, 0) is 6.42 Å². The summed E-state index contributed by atoms with van der Waals surface area (Å²) in [5.41, 5.74) is 1.46. The van der Waals surface area contributed by atoms with Crippen LogP contribution in [-0.4, -0.2) is 13.1 Å². The predicted octanol–water partition coefficient (Wildman–Crippen LogP) is 2.03. The zero-order valence-electron chi connectivity index (χ0n) is 7.92. The monoisotopic (exact) mass is 174 g/mol. The summed E-state index contributed by atoms with van der Waals surface area (Å²) in [7, 11) is 0. The van der Waals surface area contributed by atoms with Gasteiger partial charge in [-0.3, -0.25) is 0 Å². The molecule has 1 N–H and O–H groups in total. The van der Waals surface area contributed by atoms with Crippen LogP contribution >= 0.6 is 0 Å². The van der Waals surface area contributed by atoms with Gasteiger partial charge in [-0.15, -0.1) is 0 Å². The molecule has 1 aromatic carbocycles. The van der Waals surface area contributed by atoms with E-state index >= 15 is 0 Å². The fourth-order valence-electron chi connectivity index (χ4n) is 1.98. The summed E-state index contributed by atoms with van der Waals surface area (Å²) in [5, 5.41) is 3.39. The minimum atomic E-state index is 0.892. The quantitative estimate of drug-likeness (QED) is 0.723. The summed E-state index contributed by atoms with van der Waals surface area (Å²) in [4.78, 5) is 0. The average molecular weight is 174 g/mol. The van der Waals surface area contributed by atoms with E-state index in [0.29, 0.717) is 0 Å². The topological polar surface area (TPSA) is 12.0 Å². The first-order valence-corrected chi connectivity index (χ1v) is 5.11. The minimum Gasteiger partial charge on any atom is -0.317 e. The third kappa shape index (κ3) is 2.56. The first-order chi connectivity index (χ1) is 6.45. The average Bonchev–Trinajstić information content (AvgIpc) is 2.21. The zero-order chi connectivity index (χ0) is 8.93. The van der Waals surface area contributed by atoms with Crippen molar-refractivity contribution in [2.45, 2.75) is 19.3 Å². The van der Waals surface area contributed by atoms with Crippen molar-refractivity contribution in [1.82, 2.24) is 5.32 Å². The Balaban J connectivity index is 1.90. The van der Waals surface area contributed by atoms with Crippen molar-refractivity contribution in [2.24, 2.45) is 5.92 Å². The molecule has 0 unspecified atom stereocenters. The molecule has 1 fully saturated rings. The molecule has 13 heavy (non-hydrogen) atoms. The first-order valence-electron chi connectivity index (χ1n) is 5.11. The summed E-state index contributed by atoms with van der Waals surface area (Å²) >= 11 is 0. The van der Waals surface area contributed by atoms with Gasteiger partial charge in [0.05, 0.1) is 0 Å². The van der Waals surface area contributed by atoms with Gasteiger partial charge in [-0.25, -0.2) is 0 Å². The summed E-state index contributed by atoms with van der Waals surface area (Å²) in [5.74, 6) is 0.892. The van der Waals surface area contributed by atoms with Crippen molar-refractivity contribution in [3.63, 3.8) is 0 Å². The lowest BCUT2D eigenvalue weighted by atomic mass is 9.91. The number of hydrogen-bond acceptors (Lipinski definition) is 1. The Morgan fingerprint density at radius 1 is 1.23 bits per heavy atom. The summed E-state index contributed by atoms with van der Waals surface area (Å²) < 4.78 is 0. The Bertz CT molecular complexity index is 237. The van der Waals surface area contributed by atoms with Crippen LogP contribution in [0.5, 0.6) is 0 Å². The molecule has 1 aliphatic heterocycles. The Labute approximate surface area is 80.2 Å². The van der Waals surface area contributed by atoms with Crippen LogP contribution in [0.2, 0.25) is 0 Å². The highest BCUT2D eigenvalue weighted by Gasteiger charge is 2.12. The normalized spacial score (nSPS) is 18.8. The highest BCUT2D eigenvalue weighted by Crippen LogP contribution is 2.17. The molecule has 1 heterocycles. The fourth-order valence-corrected chi connectivity index (χ4v) is 1.98. The van der Waals surface area contributed by atoms with Crippen LogP contribution in [0.4, 0.5) is 0 Å². The van der Waals surface area contributed by atoms with E-state index in [1.807, 2.05) is 12.1 Å². The van der Waals surface area contributed by atoms with Gasteiger partial charge in [-0.05, 0) is 49.9 Å². The first kappa shape index (κ1) is 8.76. The maximum Gasteiger partial charge on any atom is -0.00462 e. The van der Waals surface area contributed by atoms with Crippen LogP contribution < -0.4 is 5.32 Å². The third-order valence-electron chi connectivity index (χ3n) is 2.77. The number of benzene rings is 1. The van der Waals surface area contributed by atoms with Crippen molar-refractivity contribution in [2.75, 3.05) is 13.1 Å². The second-order valence-electron chi connectivity index (χ2n) is 3.81. The molecule has 2 rings (SSSR count). The molecule has 1 radical (unpaired) electrons. The van der Waals surface area contributed by atoms with Crippen LogP contribution in [0, 0.1) is 12.0 Å². The molecule has 0 atom stereocenters. The third-order valence-corrected chi connectivity index (χ3v) is 2.77. The number of nitrogens with one attached hydrogen (secondary N) is 1. The van der Waals surface area contributed by atoms with Crippen molar-refractivity contribution >= 4 is 0 Å². The predicted molar refractivity (Wildman–Crippen MR) is 54.6 cm³/mol. The molecule has 0 amide bonds. The smallest absolute Gasteiger partial charge is 0.00462 e. The van der Waals surface area contributed by atoms with Gasteiger partial charge < -0.3 is 5.32 Å². The molecule has 0 spiro atoms. The number of hydrogen-bond donors (Lipinski definition) is 1. The van der Waals surface area contributed by atoms with E-state index in [-0.39, 0.29) is 0 Å². The van der Waals surface area contributed by atoms with Crippen LogP contribution in [0.1, 0.15) is 18.4 Å². The molecule has 1 aromatic rings. The van der Waals surface area contributed by atoms with Crippen LogP contribution in [0.25, 0.3) is 0 Å². The second kappa shape index (κ2) is 4.43. The molecule has 1 aliphatic rings. The van der Waals surface area contributed by atoms with Crippen LogP contribution in [0.3, 0.4) is 0 Å². The van der Waals surface area contributed by atoms with E-state index in [0.717, 1.165) is 5.92 Å². The zero-order valence-corrected chi connectivity index (χ0v) is 7.92. The lowest BCUT2D eigenvalue weighted by molar-refractivity contribution is 0.372. The SMILES string of the molecule is [c]1ccc(CC2CCNCC2)cc1. The molecule has 1 heteroatoms. The van der Waals surface area contributed by atoms with Crippen molar-refractivity contribution < 1.29 is 0 Å². The largest absolute Gasteiger partial charge is 0.317 e. The van der Waals surface area contributed by atoms with E-state index < -0.39 is 0 Å². The molecule has 69 valence electrons. The van der Waals surface area contributed by atoms with Gasteiger partial charge in [0.15, 0.2) is 0 Å². The van der Waals surface area contributed by atoms with E-state index in [9.17, 15) is 0 Å². The van der Waals surface area contributed by atoms with Gasteiger partial charge in [-0.1, -0.05) is 24.3 Å². The van der Waals surface area contributed by atoms with Gasteiger partial charge >= 0.3 is 0 Å². The van der Waals surface area contributed by atoms with Gasteiger partial charge in [0.2, 0.25) is 0 Å². The number of piperidine rings is 1. The Morgan fingerprint density at radius 3 is 2.62 bits per heavy atom. The Kier molecular flexibility index (Phi) is 2.98. The van der Waals surface area contributed by atoms with Gasteiger partial charge in [0, 0.05) is 0 Å². The fraction of sp³-hybridized carbons (Fsp3) is 0.500. The van der Waals surface area contributed by atoms with Gasteiger partial charge in [0.1, 0.15) is 0 Å². The Hall–Kier alpha value is -0.820. The van der Waals surface area contributed by atoms with E-state index in [1.165, 1.54) is 37.9 Å². The number of rotatable bonds is 2. The summed E-state index contributed by atoms with van der Waals surface area (Å²) in [6.07, 6.45) is 3.91. The molecule has 1 saturated heterocycles. The lowest BCUT2D eigenvalue weighted by Gasteiger charge is -2.22. The standard InChI is InChI=1S/C12H16N/c1-2-4-11(5-3-1)10-12-6-8-13-9-7-12/h2-5,12-13H,6-10H2. The van der Waals surface area contributed by atoms with Crippen molar-refractivity contribution in [3.05, 3.63) is 35.9 Å². The van der Waals surface area contributed by atoms with Crippen LogP contribution in [0.15, 0.2) is 24.3 Å². The molecular formula is C12H16N. The molecule has 0 bridgehead atoms. The molecule has 1 nitrogen and oxygen atoms in total. The lowest BCUT2D eigenvalue weighted by Crippen LogP contribution is -2.28. The minimum absolute atomic E-state index is 0.892.